The Kier molecular flexibility index (Phi) is 5.34. The zero-order chi connectivity index (χ0) is 18.5. The van der Waals surface area contributed by atoms with Crippen LogP contribution in [0, 0.1) is 11.3 Å². The van der Waals surface area contributed by atoms with Crippen LogP contribution in [0.4, 0.5) is 5.00 Å². The molecule has 0 aliphatic carbocycles. The zero-order valence-electron chi connectivity index (χ0n) is 14.1. The van der Waals surface area contributed by atoms with Gasteiger partial charge >= 0.3 is 5.97 Å². The minimum absolute atomic E-state index is 0.0220. The molecule has 0 aliphatic rings. The molecule has 0 saturated heterocycles. The topological polar surface area (TPSA) is 92.3 Å². The first kappa shape index (κ1) is 17.7. The number of anilines is 1. The fraction of sp³-hybridized carbons (Fsp3) is 0.211. The highest BCUT2D eigenvalue weighted by atomic mass is 32.1. The van der Waals surface area contributed by atoms with Crippen LogP contribution in [-0.4, -0.2) is 18.5 Å². The van der Waals surface area contributed by atoms with Gasteiger partial charge in [-0.15, -0.1) is 11.3 Å². The number of nitrogens with zero attached hydrogens (tertiary/aromatic N) is 1. The molecule has 1 N–H and O–H groups in total. The molecule has 0 saturated carbocycles. The summed E-state index contributed by atoms with van der Waals surface area (Å²) in [7, 11) is 0. The number of rotatable bonds is 6. The van der Waals surface area contributed by atoms with Crippen LogP contribution < -0.4 is 5.32 Å². The lowest BCUT2D eigenvalue weighted by molar-refractivity contribution is -0.146. The molecule has 0 unspecified atom stereocenters. The van der Waals surface area contributed by atoms with E-state index in [1.165, 1.54) is 17.6 Å². The van der Waals surface area contributed by atoms with Crippen molar-refractivity contribution in [2.24, 2.45) is 0 Å². The third-order valence-electron chi connectivity index (χ3n) is 3.87. The number of furan rings is 1. The summed E-state index contributed by atoms with van der Waals surface area (Å²) in [5.41, 5.74) is 2.98. The van der Waals surface area contributed by atoms with E-state index in [0.717, 1.165) is 28.5 Å². The van der Waals surface area contributed by atoms with Crippen molar-refractivity contribution in [3.8, 4) is 6.07 Å². The van der Waals surface area contributed by atoms with Crippen molar-refractivity contribution in [1.82, 2.24) is 0 Å². The Bertz CT molecular complexity index is 997. The molecule has 3 rings (SSSR count). The summed E-state index contributed by atoms with van der Waals surface area (Å²) in [6.07, 6.45) is 2.46. The Balaban J connectivity index is 1.56. The van der Waals surface area contributed by atoms with Gasteiger partial charge in [-0.1, -0.05) is 19.1 Å². The summed E-state index contributed by atoms with van der Waals surface area (Å²) in [4.78, 5) is 23.9. The van der Waals surface area contributed by atoms with E-state index in [-0.39, 0.29) is 6.42 Å². The molecule has 3 aromatic rings. The maximum absolute atomic E-state index is 12.0. The van der Waals surface area contributed by atoms with Crippen LogP contribution in [0.5, 0.6) is 0 Å². The average Bonchev–Trinajstić information content (AvgIpc) is 3.26. The number of carbonyl (C=O) groups is 2. The van der Waals surface area contributed by atoms with Gasteiger partial charge in [0.05, 0.1) is 18.2 Å². The van der Waals surface area contributed by atoms with Crippen LogP contribution in [0.15, 0.2) is 40.3 Å². The summed E-state index contributed by atoms with van der Waals surface area (Å²) in [6, 6.07) is 9.46. The van der Waals surface area contributed by atoms with E-state index in [2.05, 4.69) is 12.2 Å². The maximum Gasteiger partial charge on any atom is 0.310 e. The molecule has 2 heterocycles. The van der Waals surface area contributed by atoms with Crippen LogP contribution in [-0.2, 0) is 27.2 Å². The maximum atomic E-state index is 12.0. The minimum Gasteiger partial charge on any atom is -0.464 e. The molecular weight excluding hydrogens is 352 g/mol. The van der Waals surface area contributed by atoms with Crippen molar-refractivity contribution in [2.75, 3.05) is 11.9 Å². The number of ether oxygens (including phenoxy) is 1. The Morgan fingerprint density at radius 1 is 1.35 bits per heavy atom. The highest BCUT2D eigenvalue weighted by Gasteiger charge is 2.14. The predicted octanol–water partition coefficient (Wildman–Crippen LogP) is 3.65. The Labute approximate surface area is 154 Å². The quantitative estimate of drug-likeness (QED) is 0.671. The van der Waals surface area contributed by atoms with E-state index in [1.54, 1.807) is 11.4 Å². The summed E-state index contributed by atoms with van der Waals surface area (Å²) in [5.74, 6) is -1.00. The van der Waals surface area contributed by atoms with Crippen molar-refractivity contribution in [2.45, 2.75) is 19.8 Å². The van der Waals surface area contributed by atoms with Gasteiger partial charge in [0.1, 0.15) is 16.7 Å². The van der Waals surface area contributed by atoms with Gasteiger partial charge < -0.3 is 14.5 Å². The van der Waals surface area contributed by atoms with Gasteiger partial charge in [0, 0.05) is 10.9 Å². The van der Waals surface area contributed by atoms with Crippen LogP contribution in [0.1, 0.15) is 23.6 Å². The lowest BCUT2D eigenvalue weighted by Crippen LogP contribution is -2.21. The molecule has 26 heavy (non-hydrogen) atoms. The number of carbonyl (C=O) groups excluding carboxylic acids is 2. The fourth-order valence-corrected chi connectivity index (χ4v) is 3.25. The molecule has 2 aromatic heterocycles. The van der Waals surface area contributed by atoms with Crippen LogP contribution in [0.25, 0.3) is 11.0 Å². The van der Waals surface area contributed by atoms with Gasteiger partial charge in [-0.25, -0.2) is 0 Å². The second-order valence-corrected chi connectivity index (χ2v) is 6.52. The van der Waals surface area contributed by atoms with Crippen LogP contribution in [0.2, 0.25) is 0 Å². The average molecular weight is 368 g/mol. The number of esters is 1. The van der Waals surface area contributed by atoms with Crippen molar-refractivity contribution in [3.63, 3.8) is 0 Å². The monoisotopic (exact) mass is 368 g/mol. The number of benzene rings is 1. The molecule has 0 fully saturated rings. The molecule has 0 radical (unpaired) electrons. The Morgan fingerprint density at radius 3 is 2.96 bits per heavy atom. The lowest BCUT2D eigenvalue weighted by Gasteiger charge is -2.05. The Hall–Kier alpha value is -3.11. The molecule has 0 spiro atoms. The van der Waals surface area contributed by atoms with Crippen molar-refractivity contribution in [1.29, 1.82) is 5.26 Å². The van der Waals surface area contributed by atoms with Crippen LogP contribution in [0.3, 0.4) is 0 Å². The van der Waals surface area contributed by atoms with E-state index in [4.69, 9.17) is 14.4 Å². The number of hydrogen-bond acceptors (Lipinski definition) is 6. The number of nitriles is 1. The molecule has 1 amide bonds. The lowest BCUT2D eigenvalue weighted by atomic mass is 10.1. The molecule has 1 aromatic carbocycles. The summed E-state index contributed by atoms with van der Waals surface area (Å²) in [5, 5.41) is 14.5. The van der Waals surface area contributed by atoms with Gasteiger partial charge in [-0.3, -0.25) is 9.59 Å². The van der Waals surface area contributed by atoms with E-state index in [0.29, 0.717) is 10.6 Å². The second-order valence-electron chi connectivity index (χ2n) is 5.61. The highest BCUT2D eigenvalue weighted by Crippen LogP contribution is 2.24. The van der Waals surface area contributed by atoms with Gasteiger partial charge in [-0.05, 0) is 29.5 Å². The molecular formula is C19H16N2O4S. The molecule has 0 atom stereocenters. The summed E-state index contributed by atoms with van der Waals surface area (Å²) < 4.78 is 10.5. The number of amides is 1. The van der Waals surface area contributed by atoms with Crippen molar-refractivity contribution < 1.29 is 18.7 Å². The first-order valence-electron chi connectivity index (χ1n) is 8.02. The number of fused-ring (bicyclic) bond motifs is 1. The Morgan fingerprint density at radius 2 is 2.19 bits per heavy atom. The largest absolute Gasteiger partial charge is 0.464 e. The normalized spacial score (nSPS) is 10.5. The van der Waals surface area contributed by atoms with Gasteiger partial charge in [0.25, 0.3) is 5.91 Å². The summed E-state index contributed by atoms with van der Waals surface area (Å²) in [6.45, 7) is 1.65. The first-order valence-corrected chi connectivity index (χ1v) is 8.90. The van der Waals surface area contributed by atoms with Crippen molar-refractivity contribution in [3.05, 3.63) is 52.6 Å². The van der Waals surface area contributed by atoms with E-state index in [9.17, 15) is 9.59 Å². The molecule has 7 heteroatoms. The predicted molar refractivity (Wildman–Crippen MR) is 97.9 cm³/mol. The third-order valence-corrected chi connectivity index (χ3v) is 4.70. The first-order chi connectivity index (χ1) is 12.6. The second kappa shape index (κ2) is 7.85. The van der Waals surface area contributed by atoms with Gasteiger partial charge in [0.2, 0.25) is 0 Å². The molecule has 0 bridgehead atoms. The third kappa shape index (κ3) is 3.92. The number of aryl methyl sites for hydroxylation is 1. The van der Waals surface area contributed by atoms with E-state index in [1.807, 2.05) is 24.3 Å². The van der Waals surface area contributed by atoms with Crippen molar-refractivity contribution >= 4 is 39.2 Å². The number of thiophene rings is 1. The molecule has 6 nitrogen and oxygen atoms in total. The smallest absolute Gasteiger partial charge is 0.310 e. The minimum atomic E-state index is -0.519. The van der Waals surface area contributed by atoms with Crippen LogP contribution >= 0.6 is 11.3 Å². The fourth-order valence-electron chi connectivity index (χ4n) is 2.49. The summed E-state index contributed by atoms with van der Waals surface area (Å²) >= 11 is 1.24. The van der Waals surface area contributed by atoms with Gasteiger partial charge in [-0.2, -0.15) is 5.26 Å². The standard InChI is InChI=1S/C19H16N2O4S/c1-2-12-3-4-15-14(10-24-16(15)7-12)8-18(23)25-11-17(22)21-19-13(9-20)5-6-26-19/h3-7,10H,2,8,11H2,1H3,(H,21,22). The number of hydrogen-bond donors (Lipinski definition) is 1. The SMILES string of the molecule is CCc1ccc2c(CC(=O)OCC(=O)Nc3sccc3C#N)coc2c1. The number of nitrogens with one attached hydrogen (secondary N) is 1. The van der Waals surface area contributed by atoms with Gasteiger partial charge in [0.15, 0.2) is 6.61 Å². The highest BCUT2D eigenvalue weighted by molar-refractivity contribution is 7.14. The zero-order valence-corrected chi connectivity index (χ0v) is 14.9. The molecule has 132 valence electrons. The van der Waals surface area contributed by atoms with E-state index >= 15 is 0 Å². The van der Waals surface area contributed by atoms with E-state index < -0.39 is 18.5 Å². The molecule has 0 aliphatic heterocycles.